The molecular formula is C13H21NO2. The highest BCUT2D eigenvalue weighted by atomic mass is 16.7. The predicted molar refractivity (Wildman–Crippen MR) is 64.7 cm³/mol. The summed E-state index contributed by atoms with van der Waals surface area (Å²) in [4.78, 5) is 0. The molecule has 0 aromatic heterocycles. The number of fused-ring (bicyclic) bond motifs is 1. The molecule has 0 saturated carbocycles. The lowest BCUT2D eigenvalue weighted by molar-refractivity contribution is -0.220. The SMILES string of the molecule is CC(C)OC1(OC(C)C)c2ccccc21.N. The first kappa shape index (κ1) is 13.2. The van der Waals surface area contributed by atoms with E-state index in [-0.39, 0.29) is 18.4 Å². The fourth-order valence-corrected chi connectivity index (χ4v) is 1.93. The Morgan fingerprint density at radius 3 is 1.56 bits per heavy atom. The van der Waals surface area contributed by atoms with Crippen LogP contribution in [0.15, 0.2) is 24.3 Å². The summed E-state index contributed by atoms with van der Waals surface area (Å²) in [6.07, 6.45) is 0.326. The molecule has 0 unspecified atom stereocenters. The third-order valence-electron chi connectivity index (χ3n) is 2.38. The first-order valence-corrected chi connectivity index (χ1v) is 5.52. The number of ether oxygens (including phenoxy) is 2. The second-order valence-corrected chi connectivity index (χ2v) is 4.50. The van der Waals surface area contributed by atoms with E-state index in [4.69, 9.17) is 9.47 Å². The molecule has 16 heavy (non-hydrogen) atoms. The molecule has 1 aliphatic rings. The van der Waals surface area contributed by atoms with Gasteiger partial charge in [0.05, 0.1) is 12.2 Å². The average molecular weight is 223 g/mol. The van der Waals surface area contributed by atoms with Crippen LogP contribution in [-0.4, -0.2) is 12.2 Å². The highest BCUT2D eigenvalue weighted by Crippen LogP contribution is 2.52. The summed E-state index contributed by atoms with van der Waals surface area (Å²) in [5.74, 6) is -0.550. The summed E-state index contributed by atoms with van der Waals surface area (Å²) in [5.41, 5.74) is 2.35. The highest BCUT2D eigenvalue weighted by Gasteiger charge is 2.54. The lowest BCUT2D eigenvalue weighted by Gasteiger charge is -2.23. The Morgan fingerprint density at radius 1 is 0.875 bits per heavy atom. The van der Waals surface area contributed by atoms with E-state index >= 15 is 0 Å². The Kier molecular flexibility index (Phi) is 3.73. The average Bonchev–Trinajstić information content (AvgIpc) is 2.72. The molecule has 0 saturated heterocycles. The van der Waals surface area contributed by atoms with Crippen molar-refractivity contribution in [3.05, 3.63) is 35.4 Å². The fourth-order valence-electron chi connectivity index (χ4n) is 1.93. The topological polar surface area (TPSA) is 53.5 Å². The molecule has 0 aliphatic heterocycles. The molecule has 1 aliphatic carbocycles. The number of benzene rings is 1. The van der Waals surface area contributed by atoms with Crippen LogP contribution in [-0.2, 0) is 15.3 Å². The maximum absolute atomic E-state index is 5.91. The van der Waals surface area contributed by atoms with E-state index in [0.717, 1.165) is 0 Å². The van der Waals surface area contributed by atoms with E-state index < -0.39 is 5.79 Å². The molecule has 1 aromatic rings. The Labute approximate surface area is 97.3 Å². The molecule has 3 N–H and O–H groups in total. The Hall–Kier alpha value is -0.900. The van der Waals surface area contributed by atoms with Gasteiger partial charge in [-0.3, -0.25) is 0 Å². The van der Waals surface area contributed by atoms with Gasteiger partial charge >= 0.3 is 0 Å². The van der Waals surface area contributed by atoms with Crippen molar-refractivity contribution in [2.24, 2.45) is 0 Å². The van der Waals surface area contributed by atoms with Crippen LogP contribution in [0.3, 0.4) is 0 Å². The summed E-state index contributed by atoms with van der Waals surface area (Å²) >= 11 is 0. The Bertz CT molecular complexity index is 326. The summed E-state index contributed by atoms with van der Waals surface area (Å²) in [6.45, 7) is 8.13. The lowest BCUT2D eigenvalue weighted by atomic mass is 10.4. The van der Waals surface area contributed by atoms with Gasteiger partial charge in [-0.05, 0) is 27.7 Å². The first-order chi connectivity index (χ1) is 7.06. The van der Waals surface area contributed by atoms with Crippen molar-refractivity contribution in [1.29, 1.82) is 0 Å². The van der Waals surface area contributed by atoms with Crippen LogP contribution >= 0.6 is 0 Å². The number of rotatable bonds is 4. The lowest BCUT2D eigenvalue weighted by Crippen LogP contribution is -2.25. The van der Waals surface area contributed by atoms with Crippen LogP contribution in [0.25, 0.3) is 0 Å². The largest absolute Gasteiger partial charge is 0.344 e. The van der Waals surface area contributed by atoms with Gasteiger partial charge in [0.25, 0.3) is 0 Å². The van der Waals surface area contributed by atoms with Crippen molar-refractivity contribution >= 4 is 0 Å². The van der Waals surface area contributed by atoms with Crippen molar-refractivity contribution in [2.75, 3.05) is 0 Å². The molecule has 0 bridgehead atoms. The van der Waals surface area contributed by atoms with E-state index in [0.29, 0.717) is 0 Å². The zero-order chi connectivity index (χ0) is 11.1. The van der Waals surface area contributed by atoms with Gasteiger partial charge in [-0.2, -0.15) is 0 Å². The maximum atomic E-state index is 5.91. The number of hydrogen-bond donors (Lipinski definition) is 1. The van der Waals surface area contributed by atoms with Gasteiger partial charge in [0.2, 0.25) is 5.79 Å². The van der Waals surface area contributed by atoms with E-state index in [9.17, 15) is 0 Å². The van der Waals surface area contributed by atoms with E-state index in [1.54, 1.807) is 0 Å². The van der Waals surface area contributed by atoms with Gasteiger partial charge in [0, 0.05) is 11.1 Å². The van der Waals surface area contributed by atoms with Crippen molar-refractivity contribution in [3.8, 4) is 0 Å². The third kappa shape index (κ3) is 2.12. The number of hydrogen-bond acceptors (Lipinski definition) is 3. The van der Waals surface area contributed by atoms with E-state index in [2.05, 4.69) is 12.1 Å². The monoisotopic (exact) mass is 223 g/mol. The van der Waals surface area contributed by atoms with Crippen LogP contribution < -0.4 is 6.15 Å². The Morgan fingerprint density at radius 2 is 1.25 bits per heavy atom. The van der Waals surface area contributed by atoms with Gasteiger partial charge in [-0.1, -0.05) is 24.3 Å². The molecule has 90 valence electrons. The van der Waals surface area contributed by atoms with Crippen LogP contribution in [0.5, 0.6) is 0 Å². The maximum Gasteiger partial charge on any atom is 0.223 e. The van der Waals surface area contributed by atoms with E-state index in [1.165, 1.54) is 11.1 Å². The van der Waals surface area contributed by atoms with Gasteiger partial charge in [-0.25, -0.2) is 0 Å². The third-order valence-corrected chi connectivity index (χ3v) is 2.38. The summed E-state index contributed by atoms with van der Waals surface area (Å²) in [6, 6.07) is 8.18. The standard InChI is InChI=1S/C13H18O2.H3N/c1-9(2)14-13(15-10(3)4)11-7-5-6-8-12(11)13;/h5-10H,1-4H3;1H3. The van der Waals surface area contributed by atoms with Crippen molar-refractivity contribution in [2.45, 2.75) is 45.7 Å². The molecule has 0 amide bonds. The highest BCUT2D eigenvalue weighted by molar-refractivity contribution is 5.54. The fraction of sp³-hybridized carbons (Fsp3) is 0.538. The normalized spacial score (nSPS) is 15.9. The molecule has 0 fully saturated rings. The van der Waals surface area contributed by atoms with Gasteiger partial charge in [-0.15, -0.1) is 0 Å². The second-order valence-electron chi connectivity index (χ2n) is 4.50. The van der Waals surface area contributed by atoms with Crippen molar-refractivity contribution < 1.29 is 9.47 Å². The van der Waals surface area contributed by atoms with Crippen LogP contribution in [0.1, 0.15) is 38.8 Å². The molecule has 0 atom stereocenters. The van der Waals surface area contributed by atoms with Crippen LogP contribution in [0.4, 0.5) is 0 Å². The molecule has 3 heteroatoms. The minimum absolute atomic E-state index is 0. The van der Waals surface area contributed by atoms with Crippen molar-refractivity contribution in [3.63, 3.8) is 0 Å². The van der Waals surface area contributed by atoms with Crippen LogP contribution in [0.2, 0.25) is 0 Å². The summed E-state index contributed by atoms with van der Waals surface area (Å²) < 4.78 is 11.8. The smallest absolute Gasteiger partial charge is 0.223 e. The molecule has 0 radical (unpaired) electrons. The Balaban J connectivity index is 0.00000128. The van der Waals surface area contributed by atoms with Crippen LogP contribution in [0, 0.1) is 0 Å². The first-order valence-electron chi connectivity index (χ1n) is 5.52. The zero-order valence-corrected chi connectivity index (χ0v) is 10.5. The minimum Gasteiger partial charge on any atom is -0.344 e. The summed E-state index contributed by atoms with van der Waals surface area (Å²) in [7, 11) is 0. The molecule has 3 nitrogen and oxygen atoms in total. The zero-order valence-electron chi connectivity index (χ0n) is 10.5. The molecule has 0 spiro atoms. The van der Waals surface area contributed by atoms with Gasteiger partial charge in [0.15, 0.2) is 0 Å². The minimum atomic E-state index is -0.550. The molecular weight excluding hydrogens is 202 g/mol. The van der Waals surface area contributed by atoms with Crippen molar-refractivity contribution in [1.82, 2.24) is 6.15 Å². The molecule has 1 aromatic carbocycles. The second kappa shape index (κ2) is 4.53. The summed E-state index contributed by atoms with van der Waals surface area (Å²) in [5, 5.41) is 0. The van der Waals surface area contributed by atoms with Gasteiger partial charge in [0.1, 0.15) is 0 Å². The predicted octanol–water partition coefficient (Wildman–Crippen LogP) is 3.21. The van der Waals surface area contributed by atoms with E-state index in [1.807, 2.05) is 39.8 Å². The quantitative estimate of drug-likeness (QED) is 0.797. The van der Waals surface area contributed by atoms with Gasteiger partial charge < -0.3 is 15.6 Å². The molecule has 0 heterocycles. The molecule has 2 rings (SSSR count).